The fraction of sp³-hybridized carbons (Fsp3) is 0.240. The maximum Gasteiger partial charge on any atom is 0.256 e. The lowest BCUT2D eigenvalue weighted by molar-refractivity contribution is 0.102. The third-order valence-electron chi connectivity index (χ3n) is 5.84. The molecule has 2 heterocycles. The predicted molar refractivity (Wildman–Crippen MR) is 119 cm³/mol. The lowest BCUT2D eigenvalue weighted by atomic mass is 10.1. The molecule has 0 radical (unpaired) electrons. The second kappa shape index (κ2) is 7.10. The highest BCUT2D eigenvalue weighted by Gasteiger charge is 2.29. The topological polar surface area (TPSA) is 59.8 Å². The van der Waals surface area contributed by atoms with Gasteiger partial charge in [-0.25, -0.2) is 9.67 Å². The predicted octanol–water partition coefficient (Wildman–Crippen LogP) is 5.48. The zero-order valence-electron chi connectivity index (χ0n) is 17.4. The van der Waals surface area contributed by atoms with Crippen LogP contribution in [-0.4, -0.2) is 20.7 Å². The van der Waals surface area contributed by atoms with Crippen LogP contribution >= 0.6 is 0 Å². The number of aryl methyl sites for hydroxylation is 3. The van der Waals surface area contributed by atoms with Crippen LogP contribution < -0.4 is 5.32 Å². The minimum Gasteiger partial charge on any atom is -0.322 e. The third-order valence-corrected chi connectivity index (χ3v) is 5.84. The quantitative estimate of drug-likeness (QED) is 0.497. The van der Waals surface area contributed by atoms with E-state index in [-0.39, 0.29) is 5.91 Å². The van der Waals surface area contributed by atoms with Crippen molar-refractivity contribution < 1.29 is 4.79 Å². The van der Waals surface area contributed by atoms with Crippen LogP contribution in [0.3, 0.4) is 0 Å². The summed E-state index contributed by atoms with van der Waals surface area (Å²) < 4.78 is 1.85. The monoisotopic (exact) mass is 396 g/mol. The van der Waals surface area contributed by atoms with Crippen molar-refractivity contribution in [2.45, 2.75) is 39.5 Å². The molecular formula is C25H24N4O. The molecule has 1 amide bonds. The average Bonchev–Trinajstić information content (AvgIpc) is 3.55. The van der Waals surface area contributed by atoms with Crippen molar-refractivity contribution in [1.29, 1.82) is 0 Å². The van der Waals surface area contributed by atoms with Crippen molar-refractivity contribution in [2.75, 3.05) is 5.32 Å². The molecule has 1 aliphatic carbocycles. The molecule has 1 fully saturated rings. The Morgan fingerprint density at radius 2 is 1.77 bits per heavy atom. The van der Waals surface area contributed by atoms with Crippen LogP contribution in [0.25, 0.3) is 16.7 Å². The Morgan fingerprint density at radius 1 is 1.00 bits per heavy atom. The van der Waals surface area contributed by atoms with E-state index >= 15 is 0 Å². The zero-order chi connectivity index (χ0) is 20.8. The Bertz CT molecular complexity index is 1270. The minimum absolute atomic E-state index is 0.122. The van der Waals surface area contributed by atoms with Gasteiger partial charge in [-0.15, -0.1) is 0 Å². The van der Waals surface area contributed by atoms with Crippen molar-refractivity contribution in [3.05, 3.63) is 82.7 Å². The Hall–Kier alpha value is -3.47. The second-order valence-corrected chi connectivity index (χ2v) is 8.15. The molecule has 0 saturated heterocycles. The van der Waals surface area contributed by atoms with E-state index in [1.165, 1.54) is 5.56 Å². The number of fused-ring (bicyclic) bond motifs is 1. The van der Waals surface area contributed by atoms with Crippen LogP contribution in [0.1, 0.15) is 51.6 Å². The highest BCUT2D eigenvalue weighted by molar-refractivity contribution is 6.13. The van der Waals surface area contributed by atoms with Gasteiger partial charge in [0.15, 0.2) is 5.65 Å². The van der Waals surface area contributed by atoms with Crippen molar-refractivity contribution in [3.8, 4) is 5.69 Å². The number of anilines is 1. The number of benzene rings is 2. The van der Waals surface area contributed by atoms with Crippen molar-refractivity contribution in [3.63, 3.8) is 0 Å². The van der Waals surface area contributed by atoms with Gasteiger partial charge in [-0.3, -0.25) is 4.79 Å². The van der Waals surface area contributed by atoms with Crippen molar-refractivity contribution in [2.24, 2.45) is 0 Å². The molecular weight excluding hydrogens is 372 g/mol. The van der Waals surface area contributed by atoms with E-state index in [9.17, 15) is 4.79 Å². The number of hydrogen-bond acceptors (Lipinski definition) is 3. The number of para-hydroxylation sites is 1. The summed E-state index contributed by atoms with van der Waals surface area (Å²) in [5.74, 6) is 0.310. The zero-order valence-corrected chi connectivity index (χ0v) is 17.4. The Balaban J connectivity index is 1.64. The fourth-order valence-electron chi connectivity index (χ4n) is 3.84. The molecule has 5 nitrogen and oxygen atoms in total. The second-order valence-electron chi connectivity index (χ2n) is 8.15. The van der Waals surface area contributed by atoms with E-state index in [1.807, 2.05) is 66.2 Å². The summed E-state index contributed by atoms with van der Waals surface area (Å²) in [5, 5.41) is 8.62. The molecule has 150 valence electrons. The average molecular weight is 396 g/mol. The SMILES string of the molecule is Cc1ccc(NC(=O)c2cc(C3CC3)nc3c2c(C)nn3-c2ccccc2)cc1C. The normalized spacial score (nSPS) is 13.6. The highest BCUT2D eigenvalue weighted by atomic mass is 16.1. The van der Waals surface area contributed by atoms with Gasteiger partial charge in [0.05, 0.1) is 22.3 Å². The number of amides is 1. The first-order valence-electron chi connectivity index (χ1n) is 10.4. The first-order chi connectivity index (χ1) is 14.5. The largest absolute Gasteiger partial charge is 0.322 e. The van der Waals surface area contributed by atoms with E-state index in [1.54, 1.807) is 0 Å². The van der Waals surface area contributed by atoms with E-state index in [0.29, 0.717) is 11.5 Å². The van der Waals surface area contributed by atoms with Crippen LogP contribution in [0.2, 0.25) is 0 Å². The lowest BCUT2D eigenvalue weighted by Crippen LogP contribution is -2.14. The molecule has 30 heavy (non-hydrogen) atoms. The Morgan fingerprint density at radius 3 is 2.47 bits per heavy atom. The molecule has 1 aliphatic rings. The maximum atomic E-state index is 13.3. The molecule has 5 heteroatoms. The van der Waals surface area contributed by atoms with Crippen molar-refractivity contribution >= 4 is 22.6 Å². The number of rotatable bonds is 4. The first-order valence-corrected chi connectivity index (χ1v) is 10.4. The van der Waals surface area contributed by atoms with Gasteiger partial charge in [0, 0.05) is 17.3 Å². The van der Waals surface area contributed by atoms with Gasteiger partial charge in [0.25, 0.3) is 5.91 Å². The third kappa shape index (κ3) is 3.26. The molecule has 0 unspecified atom stereocenters. The minimum atomic E-state index is -0.122. The van der Waals surface area contributed by atoms with Crippen LogP contribution in [-0.2, 0) is 0 Å². The standard InChI is InChI=1S/C25H24N4O/c1-15-9-12-19(13-16(15)2)26-25(30)21-14-22(18-10-11-18)27-24-23(21)17(3)28-29(24)20-7-5-4-6-8-20/h4-9,12-14,18H,10-11H2,1-3H3,(H,26,30). The molecule has 2 aromatic heterocycles. The summed E-state index contributed by atoms with van der Waals surface area (Å²) in [4.78, 5) is 18.3. The summed E-state index contributed by atoms with van der Waals surface area (Å²) >= 11 is 0. The number of aromatic nitrogens is 3. The lowest BCUT2D eigenvalue weighted by Gasteiger charge is -2.11. The maximum absolute atomic E-state index is 13.3. The highest BCUT2D eigenvalue weighted by Crippen LogP contribution is 2.40. The molecule has 4 aromatic rings. The van der Waals surface area contributed by atoms with Gasteiger partial charge in [0.1, 0.15) is 0 Å². The summed E-state index contributed by atoms with van der Waals surface area (Å²) in [6.07, 6.45) is 2.24. The summed E-state index contributed by atoms with van der Waals surface area (Å²) in [7, 11) is 0. The van der Waals surface area contributed by atoms with E-state index in [4.69, 9.17) is 10.1 Å². The number of hydrogen-bond donors (Lipinski definition) is 1. The molecule has 5 rings (SSSR count). The van der Waals surface area contributed by atoms with Gasteiger partial charge < -0.3 is 5.32 Å². The number of nitrogens with one attached hydrogen (secondary N) is 1. The molecule has 0 bridgehead atoms. The van der Waals surface area contributed by atoms with Gasteiger partial charge in [-0.1, -0.05) is 24.3 Å². The molecule has 1 N–H and O–H groups in total. The van der Waals surface area contributed by atoms with E-state index in [0.717, 1.165) is 52.2 Å². The van der Waals surface area contributed by atoms with E-state index in [2.05, 4.69) is 19.2 Å². The van der Waals surface area contributed by atoms with Gasteiger partial charge in [-0.2, -0.15) is 5.10 Å². The van der Waals surface area contributed by atoms with Crippen LogP contribution in [0.15, 0.2) is 54.6 Å². The Labute approximate surface area is 175 Å². The van der Waals surface area contributed by atoms with Crippen LogP contribution in [0, 0.1) is 20.8 Å². The molecule has 0 aliphatic heterocycles. The van der Waals surface area contributed by atoms with Gasteiger partial charge in [0.2, 0.25) is 0 Å². The number of carbonyl (C=O) groups excluding carboxylic acids is 1. The smallest absolute Gasteiger partial charge is 0.256 e. The number of carbonyl (C=O) groups is 1. The molecule has 2 aromatic carbocycles. The number of nitrogens with zero attached hydrogens (tertiary/aromatic N) is 3. The van der Waals surface area contributed by atoms with Gasteiger partial charge >= 0.3 is 0 Å². The van der Waals surface area contributed by atoms with Crippen molar-refractivity contribution in [1.82, 2.24) is 14.8 Å². The summed E-state index contributed by atoms with van der Waals surface area (Å²) in [6.45, 7) is 6.05. The molecule has 0 atom stereocenters. The number of pyridine rings is 1. The summed E-state index contributed by atoms with van der Waals surface area (Å²) in [5.41, 5.74) is 7.26. The molecule has 1 saturated carbocycles. The van der Waals surface area contributed by atoms with Crippen LogP contribution in [0.5, 0.6) is 0 Å². The fourth-order valence-corrected chi connectivity index (χ4v) is 3.84. The van der Waals surface area contributed by atoms with E-state index < -0.39 is 0 Å². The Kier molecular flexibility index (Phi) is 4.39. The summed E-state index contributed by atoms with van der Waals surface area (Å²) in [6, 6.07) is 17.9. The molecule has 0 spiro atoms. The van der Waals surface area contributed by atoms with Gasteiger partial charge in [-0.05, 0) is 75.1 Å². The van der Waals surface area contributed by atoms with Crippen LogP contribution in [0.4, 0.5) is 5.69 Å². The first kappa shape index (κ1) is 18.6.